The minimum Gasteiger partial charge on any atom is -0.340 e. The molecule has 1 N–H and O–H groups in total. The van der Waals surface area contributed by atoms with Crippen LogP contribution in [0.25, 0.3) is 0 Å². The van der Waals surface area contributed by atoms with Gasteiger partial charge < -0.3 is 15.1 Å². The van der Waals surface area contributed by atoms with Gasteiger partial charge in [0, 0.05) is 45.8 Å². The summed E-state index contributed by atoms with van der Waals surface area (Å²) >= 11 is 0. The van der Waals surface area contributed by atoms with Crippen LogP contribution < -0.4 is 5.32 Å². The first kappa shape index (κ1) is 16.8. The lowest BCUT2D eigenvalue weighted by atomic mass is 10.0. The standard InChI is InChI=1S/C18H26N4O2/c1-20(13-15-5-3-2-4-6-15)17(23)14-21-10-7-16(8-11-21)22-12-9-19-18(22)24/h2-6,16H,7-14H2,1H3,(H,19,24). The van der Waals surface area contributed by atoms with Gasteiger partial charge in [-0.3, -0.25) is 9.69 Å². The van der Waals surface area contributed by atoms with E-state index in [1.165, 1.54) is 0 Å². The molecule has 1 aromatic rings. The van der Waals surface area contributed by atoms with Crippen molar-refractivity contribution < 1.29 is 9.59 Å². The second-order valence-electron chi connectivity index (χ2n) is 6.67. The second-order valence-corrected chi connectivity index (χ2v) is 6.67. The molecule has 130 valence electrons. The number of urea groups is 1. The molecule has 0 aliphatic carbocycles. The molecule has 0 aromatic heterocycles. The van der Waals surface area contributed by atoms with E-state index in [1.807, 2.05) is 42.3 Å². The molecule has 0 spiro atoms. The predicted molar refractivity (Wildman–Crippen MR) is 92.5 cm³/mol. The Balaban J connectivity index is 1.43. The number of rotatable bonds is 5. The largest absolute Gasteiger partial charge is 0.340 e. The fraction of sp³-hybridized carbons (Fsp3) is 0.556. The van der Waals surface area contributed by atoms with Gasteiger partial charge in [0.15, 0.2) is 0 Å². The monoisotopic (exact) mass is 330 g/mol. The summed E-state index contributed by atoms with van der Waals surface area (Å²) in [5.74, 6) is 0.149. The number of nitrogens with zero attached hydrogens (tertiary/aromatic N) is 3. The van der Waals surface area contributed by atoms with Gasteiger partial charge in [0.1, 0.15) is 0 Å². The SMILES string of the molecule is CN(Cc1ccccc1)C(=O)CN1CCC(N2CCNC2=O)CC1. The van der Waals surface area contributed by atoms with Crippen LogP contribution in [0.5, 0.6) is 0 Å². The maximum atomic E-state index is 12.4. The van der Waals surface area contributed by atoms with Crippen molar-refractivity contribution in [2.75, 3.05) is 39.8 Å². The van der Waals surface area contributed by atoms with E-state index in [9.17, 15) is 9.59 Å². The van der Waals surface area contributed by atoms with E-state index in [-0.39, 0.29) is 11.9 Å². The summed E-state index contributed by atoms with van der Waals surface area (Å²) in [7, 11) is 1.86. The highest BCUT2D eigenvalue weighted by Gasteiger charge is 2.31. The molecule has 2 aliphatic heterocycles. The van der Waals surface area contributed by atoms with Gasteiger partial charge in [-0.05, 0) is 18.4 Å². The van der Waals surface area contributed by atoms with Gasteiger partial charge in [-0.1, -0.05) is 30.3 Å². The van der Waals surface area contributed by atoms with Crippen LogP contribution in [0.15, 0.2) is 30.3 Å². The summed E-state index contributed by atoms with van der Waals surface area (Å²) in [6.07, 6.45) is 1.90. The zero-order chi connectivity index (χ0) is 16.9. The van der Waals surface area contributed by atoms with Crippen LogP contribution >= 0.6 is 0 Å². The third kappa shape index (κ3) is 4.06. The number of carbonyl (C=O) groups excluding carboxylic acids is 2. The Morgan fingerprint density at radius 1 is 1.21 bits per heavy atom. The third-order valence-corrected chi connectivity index (χ3v) is 4.93. The van der Waals surface area contributed by atoms with Gasteiger partial charge in [-0.2, -0.15) is 0 Å². The molecule has 0 atom stereocenters. The van der Waals surface area contributed by atoms with Gasteiger partial charge in [-0.15, -0.1) is 0 Å². The molecule has 2 fully saturated rings. The quantitative estimate of drug-likeness (QED) is 0.881. The number of likely N-dealkylation sites (tertiary alicyclic amines) is 1. The first-order valence-corrected chi connectivity index (χ1v) is 8.68. The van der Waals surface area contributed by atoms with Crippen LogP contribution in [0.3, 0.4) is 0 Å². The number of likely N-dealkylation sites (N-methyl/N-ethyl adjacent to an activating group) is 1. The Hall–Kier alpha value is -2.08. The smallest absolute Gasteiger partial charge is 0.317 e. The minimum absolute atomic E-state index is 0.0621. The Kier molecular flexibility index (Phi) is 5.35. The van der Waals surface area contributed by atoms with Crippen molar-refractivity contribution in [3.05, 3.63) is 35.9 Å². The summed E-state index contributed by atoms with van der Waals surface area (Å²) in [6.45, 7) is 4.41. The molecule has 3 amide bonds. The van der Waals surface area contributed by atoms with Gasteiger partial charge in [0.25, 0.3) is 0 Å². The fourth-order valence-corrected chi connectivity index (χ4v) is 3.48. The number of amides is 3. The number of hydrogen-bond donors (Lipinski definition) is 1. The molecule has 2 saturated heterocycles. The molecule has 1 aromatic carbocycles. The maximum Gasteiger partial charge on any atom is 0.317 e. The van der Waals surface area contributed by atoms with Gasteiger partial charge in [-0.25, -0.2) is 4.79 Å². The van der Waals surface area contributed by atoms with Crippen LogP contribution in [0.4, 0.5) is 4.79 Å². The molecule has 0 bridgehead atoms. The predicted octanol–water partition coefficient (Wildman–Crippen LogP) is 1.13. The molecule has 2 aliphatic rings. The summed E-state index contributed by atoms with van der Waals surface area (Å²) in [4.78, 5) is 30.1. The van der Waals surface area contributed by atoms with Crippen LogP contribution in [0.2, 0.25) is 0 Å². The number of hydrogen-bond acceptors (Lipinski definition) is 3. The molecular weight excluding hydrogens is 304 g/mol. The minimum atomic E-state index is 0.0621. The summed E-state index contributed by atoms with van der Waals surface area (Å²) < 4.78 is 0. The van der Waals surface area contributed by atoms with Crippen molar-refractivity contribution in [1.29, 1.82) is 0 Å². The van der Waals surface area contributed by atoms with E-state index < -0.39 is 0 Å². The highest BCUT2D eigenvalue weighted by atomic mass is 16.2. The van der Waals surface area contributed by atoms with E-state index >= 15 is 0 Å². The van der Waals surface area contributed by atoms with Crippen molar-refractivity contribution in [2.45, 2.75) is 25.4 Å². The van der Waals surface area contributed by atoms with Crippen LogP contribution in [-0.4, -0.2) is 72.5 Å². The van der Waals surface area contributed by atoms with Crippen molar-refractivity contribution in [2.24, 2.45) is 0 Å². The molecule has 0 unspecified atom stereocenters. The lowest BCUT2D eigenvalue weighted by Crippen LogP contribution is -2.48. The van der Waals surface area contributed by atoms with Crippen LogP contribution in [-0.2, 0) is 11.3 Å². The molecule has 3 rings (SSSR count). The van der Waals surface area contributed by atoms with Gasteiger partial charge >= 0.3 is 6.03 Å². The average Bonchev–Trinajstić information content (AvgIpc) is 3.02. The number of piperidine rings is 1. The molecule has 6 heteroatoms. The lowest BCUT2D eigenvalue weighted by Gasteiger charge is -2.36. The summed E-state index contributed by atoms with van der Waals surface area (Å²) in [5.41, 5.74) is 1.15. The maximum absolute atomic E-state index is 12.4. The molecule has 24 heavy (non-hydrogen) atoms. The lowest BCUT2D eigenvalue weighted by molar-refractivity contribution is -0.132. The van der Waals surface area contributed by atoms with Crippen LogP contribution in [0.1, 0.15) is 18.4 Å². The van der Waals surface area contributed by atoms with Crippen molar-refractivity contribution in [1.82, 2.24) is 20.0 Å². The Labute approximate surface area is 143 Å². The number of benzene rings is 1. The molecule has 6 nitrogen and oxygen atoms in total. The summed E-state index contributed by atoms with van der Waals surface area (Å²) in [5, 5.41) is 2.86. The molecule has 0 radical (unpaired) electrons. The summed E-state index contributed by atoms with van der Waals surface area (Å²) in [6, 6.07) is 10.4. The third-order valence-electron chi connectivity index (χ3n) is 4.93. The number of carbonyl (C=O) groups is 2. The van der Waals surface area contributed by atoms with E-state index in [1.54, 1.807) is 4.90 Å². The topological polar surface area (TPSA) is 55.9 Å². The highest BCUT2D eigenvalue weighted by molar-refractivity contribution is 5.78. The van der Waals surface area contributed by atoms with E-state index in [2.05, 4.69) is 10.2 Å². The van der Waals surface area contributed by atoms with E-state index in [0.29, 0.717) is 19.1 Å². The van der Waals surface area contributed by atoms with Crippen molar-refractivity contribution in [3.63, 3.8) is 0 Å². The van der Waals surface area contributed by atoms with Gasteiger partial charge in [0.2, 0.25) is 5.91 Å². The molecule has 0 saturated carbocycles. The van der Waals surface area contributed by atoms with Crippen LogP contribution in [0, 0.1) is 0 Å². The number of nitrogens with one attached hydrogen (secondary N) is 1. The normalized spacial score (nSPS) is 19.4. The first-order chi connectivity index (χ1) is 11.6. The molecule has 2 heterocycles. The van der Waals surface area contributed by atoms with Crippen molar-refractivity contribution in [3.8, 4) is 0 Å². The zero-order valence-electron chi connectivity index (χ0n) is 14.3. The fourth-order valence-electron chi connectivity index (χ4n) is 3.48. The average molecular weight is 330 g/mol. The van der Waals surface area contributed by atoms with Gasteiger partial charge in [0.05, 0.1) is 6.54 Å². The zero-order valence-corrected chi connectivity index (χ0v) is 14.3. The Morgan fingerprint density at radius 2 is 1.92 bits per heavy atom. The van der Waals surface area contributed by atoms with E-state index in [0.717, 1.165) is 44.6 Å². The van der Waals surface area contributed by atoms with E-state index in [4.69, 9.17) is 0 Å². The first-order valence-electron chi connectivity index (χ1n) is 8.68. The Bertz CT molecular complexity index is 570. The molecular formula is C18H26N4O2. The second kappa shape index (κ2) is 7.66. The Morgan fingerprint density at radius 3 is 2.54 bits per heavy atom. The highest BCUT2D eigenvalue weighted by Crippen LogP contribution is 2.18. The van der Waals surface area contributed by atoms with Crippen molar-refractivity contribution >= 4 is 11.9 Å².